The Labute approximate surface area is 139 Å². The molecule has 0 bridgehead atoms. The van der Waals surface area contributed by atoms with Gasteiger partial charge in [-0.25, -0.2) is 0 Å². The number of hydrogen-bond donors (Lipinski definition) is 0. The molecule has 2 aromatic heterocycles. The standard InChI is InChI=1S/C17H21F3N4/c18-17(19,20)16-7-12-24(22-16)15-4-2-11-23(13-15)10-1-3-14-5-8-21-9-6-14/h5-9,12,15H,1-4,10-11,13H2/t15-/m0/s1. The molecular formula is C17H21F3N4. The third kappa shape index (κ3) is 4.35. The van der Waals surface area contributed by atoms with E-state index < -0.39 is 11.9 Å². The van der Waals surface area contributed by atoms with Gasteiger partial charge in [-0.1, -0.05) is 0 Å². The van der Waals surface area contributed by atoms with Gasteiger partial charge in [0.2, 0.25) is 0 Å². The molecule has 1 fully saturated rings. The van der Waals surface area contributed by atoms with Gasteiger partial charge in [0.1, 0.15) is 0 Å². The van der Waals surface area contributed by atoms with E-state index >= 15 is 0 Å². The van der Waals surface area contributed by atoms with Gasteiger partial charge in [-0.3, -0.25) is 9.67 Å². The van der Waals surface area contributed by atoms with Crippen LogP contribution in [0, 0.1) is 0 Å². The zero-order valence-corrected chi connectivity index (χ0v) is 13.4. The lowest BCUT2D eigenvalue weighted by Crippen LogP contribution is -2.37. The fourth-order valence-corrected chi connectivity index (χ4v) is 3.20. The van der Waals surface area contributed by atoms with Gasteiger partial charge in [0.25, 0.3) is 0 Å². The van der Waals surface area contributed by atoms with Crippen molar-refractivity contribution in [2.75, 3.05) is 19.6 Å². The Morgan fingerprint density at radius 1 is 1.17 bits per heavy atom. The molecule has 0 N–H and O–H groups in total. The molecule has 0 saturated carbocycles. The van der Waals surface area contributed by atoms with Gasteiger partial charge in [0, 0.05) is 25.1 Å². The van der Waals surface area contributed by atoms with Crippen molar-refractivity contribution in [1.82, 2.24) is 19.7 Å². The number of rotatable bonds is 5. The number of hydrogen-bond acceptors (Lipinski definition) is 3. The maximum atomic E-state index is 12.7. The fraction of sp³-hybridized carbons (Fsp3) is 0.529. The predicted octanol–water partition coefficient (Wildman–Crippen LogP) is 3.57. The molecule has 0 spiro atoms. The molecule has 130 valence electrons. The molecule has 7 heteroatoms. The third-order valence-corrected chi connectivity index (χ3v) is 4.44. The molecular weight excluding hydrogens is 317 g/mol. The molecule has 1 aliphatic rings. The predicted molar refractivity (Wildman–Crippen MR) is 84.5 cm³/mol. The second-order valence-corrected chi connectivity index (χ2v) is 6.23. The first kappa shape index (κ1) is 17.0. The van der Waals surface area contributed by atoms with Gasteiger partial charge in [0.05, 0.1) is 6.04 Å². The highest BCUT2D eigenvalue weighted by atomic mass is 19.4. The molecule has 3 heterocycles. The van der Waals surface area contributed by atoms with Crippen molar-refractivity contribution in [2.45, 2.75) is 37.9 Å². The summed E-state index contributed by atoms with van der Waals surface area (Å²) in [6, 6.07) is 5.11. The highest BCUT2D eigenvalue weighted by Gasteiger charge is 2.34. The Hall–Kier alpha value is -1.89. The quantitative estimate of drug-likeness (QED) is 0.836. The molecule has 24 heavy (non-hydrogen) atoms. The number of pyridine rings is 1. The van der Waals surface area contributed by atoms with Crippen molar-refractivity contribution < 1.29 is 13.2 Å². The summed E-state index contributed by atoms with van der Waals surface area (Å²) in [4.78, 5) is 6.33. The fourth-order valence-electron chi connectivity index (χ4n) is 3.20. The molecule has 4 nitrogen and oxygen atoms in total. The highest BCUT2D eigenvalue weighted by molar-refractivity contribution is 5.09. The van der Waals surface area contributed by atoms with Gasteiger partial charge in [0.15, 0.2) is 5.69 Å². The molecule has 1 atom stereocenters. The minimum atomic E-state index is -4.37. The zero-order chi connectivity index (χ0) is 17.0. The van der Waals surface area contributed by atoms with E-state index in [4.69, 9.17) is 0 Å². The number of alkyl halides is 3. The van der Waals surface area contributed by atoms with Crippen molar-refractivity contribution >= 4 is 0 Å². The lowest BCUT2D eigenvalue weighted by atomic mass is 10.0. The minimum absolute atomic E-state index is 0.0239. The van der Waals surface area contributed by atoms with E-state index in [-0.39, 0.29) is 6.04 Å². The van der Waals surface area contributed by atoms with Crippen LogP contribution in [0.4, 0.5) is 13.2 Å². The van der Waals surface area contributed by atoms with Crippen LogP contribution in [0.1, 0.15) is 36.6 Å². The Kier molecular flexibility index (Phi) is 5.18. The molecule has 0 radical (unpaired) electrons. The Morgan fingerprint density at radius 2 is 1.96 bits per heavy atom. The van der Waals surface area contributed by atoms with E-state index in [9.17, 15) is 13.2 Å². The van der Waals surface area contributed by atoms with Crippen LogP contribution in [0.2, 0.25) is 0 Å². The van der Waals surface area contributed by atoms with Crippen LogP contribution in [0.15, 0.2) is 36.8 Å². The van der Waals surface area contributed by atoms with Crippen LogP contribution < -0.4 is 0 Å². The largest absolute Gasteiger partial charge is 0.435 e. The monoisotopic (exact) mass is 338 g/mol. The Balaban J connectivity index is 1.52. The molecule has 0 amide bonds. The van der Waals surface area contributed by atoms with Crippen LogP contribution in [0.5, 0.6) is 0 Å². The minimum Gasteiger partial charge on any atom is -0.301 e. The van der Waals surface area contributed by atoms with Crippen LogP contribution in [0.25, 0.3) is 0 Å². The first-order valence-electron chi connectivity index (χ1n) is 8.26. The highest BCUT2D eigenvalue weighted by Crippen LogP contribution is 2.29. The van der Waals surface area contributed by atoms with E-state index in [2.05, 4.69) is 15.0 Å². The normalized spacial score (nSPS) is 19.5. The van der Waals surface area contributed by atoms with Crippen molar-refractivity contribution in [3.63, 3.8) is 0 Å². The van der Waals surface area contributed by atoms with E-state index in [0.29, 0.717) is 0 Å². The summed E-state index contributed by atoms with van der Waals surface area (Å²) in [6.45, 7) is 2.71. The van der Waals surface area contributed by atoms with E-state index in [0.717, 1.165) is 51.4 Å². The number of nitrogens with zero attached hydrogens (tertiary/aromatic N) is 4. The second-order valence-electron chi connectivity index (χ2n) is 6.23. The second kappa shape index (κ2) is 7.34. The average molecular weight is 338 g/mol. The summed E-state index contributed by atoms with van der Waals surface area (Å²) in [6.07, 6.45) is 4.55. The number of piperidine rings is 1. The van der Waals surface area contributed by atoms with Crippen LogP contribution in [-0.2, 0) is 12.6 Å². The Bertz CT molecular complexity index is 639. The first-order valence-corrected chi connectivity index (χ1v) is 8.26. The molecule has 1 aliphatic heterocycles. The number of aryl methyl sites for hydroxylation is 1. The lowest BCUT2D eigenvalue weighted by molar-refractivity contribution is -0.141. The molecule has 0 unspecified atom stereocenters. The van der Waals surface area contributed by atoms with Gasteiger partial charge in [-0.2, -0.15) is 18.3 Å². The SMILES string of the molecule is FC(F)(F)c1ccn([C@H]2CCCN(CCCc3ccncc3)C2)n1. The molecule has 3 rings (SSSR count). The summed E-state index contributed by atoms with van der Waals surface area (Å²) in [5.74, 6) is 0. The molecule has 2 aromatic rings. The number of aromatic nitrogens is 3. The smallest absolute Gasteiger partial charge is 0.301 e. The van der Waals surface area contributed by atoms with E-state index in [1.165, 1.54) is 16.4 Å². The summed E-state index contributed by atoms with van der Waals surface area (Å²) in [7, 11) is 0. The van der Waals surface area contributed by atoms with Crippen LogP contribution >= 0.6 is 0 Å². The van der Waals surface area contributed by atoms with Crippen LogP contribution in [0.3, 0.4) is 0 Å². The molecule has 0 aromatic carbocycles. The number of halogens is 3. The van der Waals surface area contributed by atoms with Gasteiger partial charge in [-0.15, -0.1) is 0 Å². The maximum absolute atomic E-state index is 12.7. The number of likely N-dealkylation sites (tertiary alicyclic amines) is 1. The Morgan fingerprint density at radius 3 is 2.67 bits per heavy atom. The maximum Gasteiger partial charge on any atom is 0.435 e. The van der Waals surface area contributed by atoms with Crippen molar-refractivity contribution in [3.05, 3.63) is 48.0 Å². The summed E-state index contributed by atoms with van der Waals surface area (Å²) in [5, 5.41) is 3.73. The van der Waals surface area contributed by atoms with Crippen LogP contribution in [-0.4, -0.2) is 39.3 Å². The van der Waals surface area contributed by atoms with E-state index in [1.807, 2.05) is 12.1 Å². The zero-order valence-electron chi connectivity index (χ0n) is 13.4. The first-order chi connectivity index (χ1) is 11.5. The van der Waals surface area contributed by atoms with Crippen molar-refractivity contribution in [3.8, 4) is 0 Å². The summed E-state index contributed by atoms with van der Waals surface area (Å²) >= 11 is 0. The van der Waals surface area contributed by atoms with Gasteiger partial charge >= 0.3 is 6.18 Å². The van der Waals surface area contributed by atoms with Gasteiger partial charge < -0.3 is 4.90 Å². The average Bonchev–Trinajstić information content (AvgIpc) is 3.07. The topological polar surface area (TPSA) is 34.0 Å². The summed E-state index contributed by atoms with van der Waals surface area (Å²) < 4.78 is 39.5. The van der Waals surface area contributed by atoms with Gasteiger partial charge in [-0.05, 0) is 62.5 Å². The molecule has 0 aliphatic carbocycles. The van der Waals surface area contributed by atoms with E-state index in [1.54, 1.807) is 12.4 Å². The van der Waals surface area contributed by atoms with Crippen molar-refractivity contribution in [1.29, 1.82) is 0 Å². The summed E-state index contributed by atoms with van der Waals surface area (Å²) in [5.41, 5.74) is 0.456. The lowest BCUT2D eigenvalue weighted by Gasteiger charge is -2.32. The third-order valence-electron chi connectivity index (χ3n) is 4.44. The molecule has 1 saturated heterocycles. The van der Waals surface area contributed by atoms with Crippen molar-refractivity contribution in [2.24, 2.45) is 0 Å².